The Morgan fingerprint density at radius 2 is 1.49 bits per heavy atom. The summed E-state index contributed by atoms with van der Waals surface area (Å²) in [5.74, 6) is -3.02. The Labute approximate surface area is 260 Å². The molecule has 238 valence electrons. The van der Waals surface area contributed by atoms with Crippen LogP contribution in [0, 0.1) is 0 Å². The highest BCUT2D eigenvalue weighted by Gasteiger charge is 2.31. The van der Waals surface area contributed by atoms with Crippen molar-refractivity contribution in [1.29, 1.82) is 0 Å². The molecule has 4 unspecified atom stereocenters. The lowest BCUT2D eigenvalue weighted by molar-refractivity contribution is -0.142. The number of benzene rings is 2. The molecule has 0 radical (unpaired) electrons. The highest BCUT2D eigenvalue weighted by atomic mass is 16.4. The number of hydrogen-bond acceptors (Lipinski definition) is 7. The molecule has 0 saturated carbocycles. The number of amides is 3. The van der Waals surface area contributed by atoms with Crippen LogP contribution in [0.5, 0.6) is 0 Å². The van der Waals surface area contributed by atoms with E-state index in [0.29, 0.717) is 25.1 Å². The monoisotopic (exact) mass is 616 g/mol. The standard InChI is InChI=1S/C32H40N8O5/c33-13-7-6-12-26(30(42)40-28(32(44)45)15-21-17-36-25-11-5-4-10-23(21)25)38-31(43)27(16-22-18-35-19-37-22)39-29(41)24(34)14-20-8-2-1-3-9-20/h1-5,8-11,17-19,24,26-28,36H,6-7,12-16,33-34H2,(H,35,37)(H,38,43)(H,39,41)(H,40,42)(H,44,45). The van der Waals surface area contributed by atoms with Gasteiger partial charge in [-0.3, -0.25) is 14.4 Å². The van der Waals surface area contributed by atoms with Gasteiger partial charge in [0.2, 0.25) is 17.7 Å². The van der Waals surface area contributed by atoms with Crippen LogP contribution < -0.4 is 27.4 Å². The fourth-order valence-corrected chi connectivity index (χ4v) is 5.09. The summed E-state index contributed by atoms with van der Waals surface area (Å²) >= 11 is 0. The van der Waals surface area contributed by atoms with E-state index in [1.54, 1.807) is 6.20 Å². The Morgan fingerprint density at radius 3 is 2.20 bits per heavy atom. The predicted molar refractivity (Wildman–Crippen MR) is 169 cm³/mol. The molecule has 3 amide bonds. The second-order valence-corrected chi connectivity index (χ2v) is 10.9. The van der Waals surface area contributed by atoms with Gasteiger partial charge in [0.1, 0.15) is 18.1 Å². The first-order valence-electron chi connectivity index (χ1n) is 14.9. The van der Waals surface area contributed by atoms with Crippen molar-refractivity contribution in [2.75, 3.05) is 6.54 Å². The minimum absolute atomic E-state index is 0.0341. The lowest BCUT2D eigenvalue weighted by atomic mass is 10.0. The van der Waals surface area contributed by atoms with E-state index < -0.39 is 47.9 Å². The molecule has 0 bridgehead atoms. The molecule has 13 nitrogen and oxygen atoms in total. The zero-order valence-corrected chi connectivity index (χ0v) is 24.9. The molecule has 0 fully saturated rings. The number of hydrogen-bond donors (Lipinski definition) is 8. The molecule has 45 heavy (non-hydrogen) atoms. The summed E-state index contributed by atoms with van der Waals surface area (Å²) in [4.78, 5) is 62.4. The van der Waals surface area contributed by atoms with Crippen LogP contribution >= 0.6 is 0 Å². The predicted octanol–water partition coefficient (Wildman–Crippen LogP) is 0.914. The van der Waals surface area contributed by atoms with Crippen LogP contribution in [0.2, 0.25) is 0 Å². The molecule has 0 aliphatic rings. The average molecular weight is 617 g/mol. The average Bonchev–Trinajstić information content (AvgIpc) is 3.70. The minimum atomic E-state index is -1.25. The fraction of sp³-hybridized carbons (Fsp3) is 0.344. The number of para-hydroxylation sites is 1. The van der Waals surface area contributed by atoms with E-state index >= 15 is 0 Å². The zero-order valence-electron chi connectivity index (χ0n) is 24.9. The molecule has 2 aromatic carbocycles. The van der Waals surface area contributed by atoms with Gasteiger partial charge in [-0.25, -0.2) is 9.78 Å². The first kappa shape index (κ1) is 32.9. The van der Waals surface area contributed by atoms with Gasteiger partial charge >= 0.3 is 5.97 Å². The van der Waals surface area contributed by atoms with Crippen LogP contribution in [0.1, 0.15) is 36.1 Å². The van der Waals surface area contributed by atoms with E-state index in [0.717, 1.165) is 22.0 Å². The number of nitrogens with one attached hydrogen (secondary N) is 5. The van der Waals surface area contributed by atoms with Crippen molar-refractivity contribution in [3.05, 3.63) is 90.1 Å². The van der Waals surface area contributed by atoms with E-state index in [4.69, 9.17) is 11.5 Å². The Balaban J connectivity index is 1.47. The molecule has 2 aromatic heterocycles. The number of H-pyrrole nitrogens is 2. The van der Waals surface area contributed by atoms with Crippen LogP contribution in [-0.4, -0.2) is 74.5 Å². The summed E-state index contributed by atoms with van der Waals surface area (Å²) in [7, 11) is 0. The first-order chi connectivity index (χ1) is 21.7. The van der Waals surface area contributed by atoms with Crippen molar-refractivity contribution in [1.82, 2.24) is 30.9 Å². The van der Waals surface area contributed by atoms with E-state index in [2.05, 4.69) is 30.9 Å². The number of aliphatic carboxylic acids is 1. The number of fused-ring (bicyclic) bond motifs is 1. The van der Waals surface area contributed by atoms with Gasteiger partial charge in [-0.15, -0.1) is 0 Å². The number of nitrogens with zero attached hydrogens (tertiary/aromatic N) is 1. The molecule has 13 heteroatoms. The lowest BCUT2D eigenvalue weighted by Crippen LogP contribution is -2.58. The number of imidazole rings is 1. The normalized spacial score (nSPS) is 13.8. The number of carbonyl (C=O) groups excluding carboxylic acids is 3. The summed E-state index contributed by atoms with van der Waals surface area (Å²) in [5, 5.41) is 18.9. The second-order valence-electron chi connectivity index (χ2n) is 10.9. The molecule has 0 aliphatic heterocycles. The van der Waals surface area contributed by atoms with Gasteiger partial charge in [0.25, 0.3) is 0 Å². The maximum Gasteiger partial charge on any atom is 0.326 e. The van der Waals surface area contributed by atoms with Crippen molar-refractivity contribution in [2.24, 2.45) is 11.5 Å². The Bertz CT molecular complexity index is 1560. The highest BCUT2D eigenvalue weighted by Crippen LogP contribution is 2.19. The summed E-state index contributed by atoms with van der Waals surface area (Å²) < 4.78 is 0. The summed E-state index contributed by atoms with van der Waals surface area (Å²) in [6.07, 6.45) is 6.39. The molecule has 4 rings (SSSR count). The molecule has 4 atom stereocenters. The number of nitrogens with two attached hydrogens (primary N) is 2. The van der Waals surface area contributed by atoms with Gasteiger partial charge < -0.3 is 42.5 Å². The topological polar surface area (TPSA) is 221 Å². The molecular weight excluding hydrogens is 576 g/mol. The minimum Gasteiger partial charge on any atom is -0.480 e. The highest BCUT2D eigenvalue weighted by molar-refractivity contribution is 5.94. The summed E-state index contributed by atoms with van der Waals surface area (Å²) in [5.41, 5.74) is 14.9. The number of carboxylic acids is 1. The van der Waals surface area contributed by atoms with Crippen LogP contribution in [-0.2, 0) is 38.4 Å². The molecule has 2 heterocycles. The quantitative estimate of drug-likeness (QED) is 0.0795. The summed E-state index contributed by atoms with van der Waals surface area (Å²) in [6, 6.07) is 12.4. The molecule has 0 saturated heterocycles. The fourth-order valence-electron chi connectivity index (χ4n) is 5.09. The number of rotatable bonds is 17. The largest absolute Gasteiger partial charge is 0.480 e. The number of aromatic nitrogens is 3. The Hall–Kier alpha value is -5.01. The zero-order chi connectivity index (χ0) is 32.2. The van der Waals surface area contributed by atoms with Gasteiger partial charge in [0.15, 0.2) is 0 Å². The summed E-state index contributed by atoms with van der Waals surface area (Å²) in [6.45, 7) is 0.387. The maximum atomic E-state index is 13.6. The van der Waals surface area contributed by atoms with E-state index in [-0.39, 0.29) is 25.7 Å². The third-order valence-electron chi connectivity index (χ3n) is 7.54. The molecule has 0 aliphatic carbocycles. The molecule has 0 spiro atoms. The second kappa shape index (κ2) is 16.2. The number of unbranched alkanes of at least 4 members (excludes halogenated alkanes) is 1. The van der Waals surface area contributed by atoms with E-state index in [1.165, 1.54) is 12.5 Å². The molecular formula is C32H40N8O5. The van der Waals surface area contributed by atoms with Crippen molar-refractivity contribution in [2.45, 2.75) is 62.7 Å². The van der Waals surface area contributed by atoms with Crippen LogP contribution in [0.15, 0.2) is 73.3 Å². The number of aromatic amines is 2. The SMILES string of the molecule is NCCCCC(NC(=O)C(Cc1cnc[nH]1)NC(=O)C(N)Cc1ccccc1)C(=O)NC(Cc1c[nH]c2ccccc12)C(=O)O. The smallest absolute Gasteiger partial charge is 0.326 e. The van der Waals surface area contributed by atoms with E-state index in [9.17, 15) is 24.3 Å². The molecule has 4 aromatic rings. The van der Waals surface area contributed by atoms with Crippen LogP contribution in [0.3, 0.4) is 0 Å². The lowest BCUT2D eigenvalue weighted by Gasteiger charge is -2.25. The number of carbonyl (C=O) groups is 4. The van der Waals surface area contributed by atoms with Crippen molar-refractivity contribution >= 4 is 34.6 Å². The van der Waals surface area contributed by atoms with Crippen LogP contribution in [0.4, 0.5) is 0 Å². The van der Waals surface area contributed by atoms with Gasteiger partial charge in [0.05, 0.1) is 12.4 Å². The Kier molecular flexibility index (Phi) is 11.8. The number of carboxylic acid groups (broad SMARTS) is 1. The van der Waals surface area contributed by atoms with Crippen molar-refractivity contribution < 1.29 is 24.3 Å². The van der Waals surface area contributed by atoms with Gasteiger partial charge in [-0.2, -0.15) is 0 Å². The third-order valence-corrected chi connectivity index (χ3v) is 7.54. The van der Waals surface area contributed by atoms with Gasteiger partial charge in [-0.05, 0) is 49.4 Å². The van der Waals surface area contributed by atoms with Gasteiger partial charge in [-0.1, -0.05) is 48.5 Å². The van der Waals surface area contributed by atoms with Crippen LogP contribution in [0.25, 0.3) is 10.9 Å². The van der Waals surface area contributed by atoms with Crippen molar-refractivity contribution in [3.63, 3.8) is 0 Å². The third kappa shape index (κ3) is 9.49. The van der Waals surface area contributed by atoms with Crippen molar-refractivity contribution in [3.8, 4) is 0 Å². The Morgan fingerprint density at radius 1 is 0.800 bits per heavy atom. The van der Waals surface area contributed by atoms with E-state index in [1.807, 2.05) is 54.6 Å². The molecule has 10 N–H and O–H groups in total. The first-order valence-corrected chi connectivity index (χ1v) is 14.9. The van der Waals surface area contributed by atoms with Gasteiger partial charge in [0, 0.05) is 41.8 Å². The maximum absolute atomic E-state index is 13.6.